The zero-order valence-corrected chi connectivity index (χ0v) is 13.8. The summed E-state index contributed by atoms with van der Waals surface area (Å²) >= 11 is 0. The van der Waals surface area contributed by atoms with Crippen molar-refractivity contribution in [2.75, 3.05) is 13.1 Å². The van der Waals surface area contributed by atoms with Gasteiger partial charge in [-0.25, -0.2) is 4.79 Å². The first-order valence-corrected chi connectivity index (χ1v) is 8.36. The van der Waals surface area contributed by atoms with Crippen LogP contribution in [0.1, 0.15) is 69.5 Å². The predicted octanol–water partition coefficient (Wildman–Crippen LogP) is 4.07. The Morgan fingerprint density at radius 1 is 1.14 bits per heavy atom. The fraction of sp³-hybridized carbons (Fsp3) is 0.667. The molecule has 0 aromatic carbocycles. The van der Waals surface area contributed by atoms with Gasteiger partial charge in [-0.3, -0.25) is 4.98 Å². The van der Waals surface area contributed by atoms with E-state index in [1.807, 2.05) is 31.9 Å². The molecule has 1 amide bonds. The van der Waals surface area contributed by atoms with Crippen molar-refractivity contribution in [3.63, 3.8) is 0 Å². The number of aromatic nitrogens is 1. The highest BCUT2D eigenvalue weighted by Crippen LogP contribution is 2.39. The number of hydrogen-bond donors (Lipinski definition) is 0. The van der Waals surface area contributed by atoms with Crippen molar-refractivity contribution >= 4 is 6.09 Å². The zero-order chi connectivity index (χ0) is 15.7. The summed E-state index contributed by atoms with van der Waals surface area (Å²) < 4.78 is 5.44. The van der Waals surface area contributed by atoms with E-state index in [2.05, 4.69) is 17.1 Å². The molecule has 2 aliphatic rings. The Hall–Kier alpha value is -1.58. The molecule has 0 spiro atoms. The molecule has 2 fully saturated rings. The average molecular weight is 302 g/mol. The minimum absolute atomic E-state index is 0.187. The summed E-state index contributed by atoms with van der Waals surface area (Å²) in [6, 6.07) is 4.42. The maximum absolute atomic E-state index is 12.1. The third kappa shape index (κ3) is 3.79. The van der Waals surface area contributed by atoms with Crippen molar-refractivity contribution in [3.8, 4) is 0 Å². The highest BCUT2D eigenvalue weighted by atomic mass is 16.6. The monoisotopic (exact) mass is 302 g/mol. The number of hydrogen-bond acceptors (Lipinski definition) is 3. The molecule has 0 N–H and O–H groups in total. The Morgan fingerprint density at radius 2 is 1.82 bits per heavy atom. The van der Waals surface area contributed by atoms with Crippen LogP contribution in [-0.2, 0) is 4.74 Å². The second-order valence-electron chi connectivity index (χ2n) is 7.53. The van der Waals surface area contributed by atoms with E-state index in [-0.39, 0.29) is 6.09 Å². The van der Waals surface area contributed by atoms with E-state index in [1.165, 1.54) is 24.1 Å². The van der Waals surface area contributed by atoms with Crippen LogP contribution >= 0.6 is 0 Å². The van der Waals surface area contributed by atoms with Gasteiger partial charge in [-0.15, -0.1) is 0 Å². The van der Waals surface area contributed by atoms with Gasteiger partial charge in [-0.2, -0.15) is 0 Å². The van der Waals surface area contributed by atoms with Gasteiger partial charge < -0.3 is 9.64 Å². The fourth-order valence-corrected chi connectivity index (χ4v) is 3.00. The molecule has 1 aliphatic heterocycles. The highest BCUT2D eigenvalue weighted by molar-refractivity contribution is 5.68. The molecule has 1 saturated heterocycles. The number of nitrogens with zero attached hydrogens (tertiary/aromatic N) is 2. The predicted molar refractivity (Wildman–Crippen MR) is 86.0 cm³/mol. The van der Waals surface area contributed by atoms with Gasteiger partial charge in [0.25, 0.3) is 0 Å². The van der Waals surface area contributed by atoms with Crippen molar-refractivity contribution in [2.45, 2.75) is 63.9 Å². The SMILES string of the molecule is CC(C)(C)OC(=O)N1CCC(c2ccc(C3CC3)nc2)CC1. The van der Waals surface area contributed by atoms with Crippen LogP contribution in [0.15, 0.2) is 18.3 Å². The molecule has 1 saturated carbocycles. The van der Waals surface area contributed by atoms with Crippen LogP contribution in [-0.4, -0.2) is 34.7 Å². The summed E-state index contributed by atoms with van der Waals surface area (Å²) in [5, 5.41) is 0. The number of carbonyl (C=O) groups excluding carboxylic acids is 1. The molecule has 0 atom stereocenters. The lowest BCUT2D eigenvalue weighted by Crippen LogP contribution is -2.41. The first-order valence-electron chi connectivity index (χ1n) is 8.36. The normalized spacial score (nSPS) is 20.0. The second kappa shape index (κ2) is 5.90. The molecule has 0 bridgehead atoms. The Morgan fingerprint density at radius 3 is 2.32 bits per heavy atom. The maximum Gasteiger partial charge on any atom is 0.410 e. The Balaban J connectivity index is 1.53. The quantitative estimate of drug-likeness (QED) is 0.827. The first-order chi connectivity index (χ1) is 10.4. The first kappa shape index (κ1) is 15.3. The number of piperidine rings is 1. The van der Waals surface area contributed by atoms with Crippen LogP contribution in [0, 0.1) is 0 Å². The van der Waals surface area contributed by atoms with E-state index in [4.69, 9.17) is 4.74 Å². The second-order valence-corrected chi connectivity index (χ2v) is 7.53. The van der Waals surface area contributed by atoms with Crippen molar-refractivity contribution in [1.82, 2.24) is 9.88 Å². The topological polar surface area (TPSA) is 42.4 Å². The molecule has 1 aromatic heterocycles. The molecule has 3 rings (SSSR count). The Labute approximate surface area is 132 Å². The van der Waals surface area contributed by atoms with Gasteiger partial charge in [0.05, 0.1) is 0 Å². The molecule has 1 aliphatic carbocycles. The Bertz CT molecular complexity index is 521. The summed E-state index contributed by atoms with van der Waals surface area (Å²) in [5.41, 5.74) is 2.14. The third-order valence-corrected chi connectivity index (χ3v) is 4.42. The molecule has 120 valence electrons. The van der Waals surface area contributed by atoms with Gasteiger partial charge in [-0.05, 0) is 64.0 Å². The molecular weight excluding hydrogens is 276 g/mol. The van der Waals surface area contributed by atoms with Crippen LogP contribution in [0.3, 0.4) is 0 Å². The number of carbonyl (C=O) groups is 1. The summed E-state index contributed by atoms with van der Waals surface area (Å²) in [4.78, 5) is 18.5. The minimum atomic E-state index is -0.420. The van der Waals surface area contributed by atoms with Crippen LogP contribution in [0.5, 0.6) is 0 Å². The number of ether oxygens (including phenoxy) is 1. The fourth-order valence-electron chi connectivity index (χ4n) is 3.00. The van der Waals surface area contributed by atoms with E-state index in [9.17, 15) is 4.79 Å². The molecule has 22 heavy (non-hydrogen) atoms. The van der Waals surface area contributed by atoms with E-state index in [0.717, 1.165) is 25.9 Å². The summed E-state index contributed by atoms with van der Waals surface area (Å²) in [7, 11) is 0. The van der Waals surface area contributed by atoms with Crippen LogP contribution in [0.2, 0.25) is 0 Å². The number of pyridine rings is 1. The average Bonchev–Trinajstić information content (AvgIpc) is 3.30. The largest absolute Gasteiger partial charge is 0.444 e. The summed E-state index contributed by atoms with van der Waals surface area (Å²) in [6.07, 6.45) is 6.42. The molecule has 1 aromatic rings. The van der Waals surface area contributed by atoms with Crippen LogP contribution in [0.25, 0.3) is 0 Å². The van der Waals surface area contributed by atoms with Crippen LogP contribution in [0.4, 0.5) is 4.79 Å². The number of amides is 1. The lowest BCUT2D eigenvalue weighted by Gasteiger charge is -2.33. The Kier molecular flexibility index (Phi) is 4.11. The molecule has 4 nitrogen and oxygen atoms in total. The van der Waals surface area contributed by atoms with E-state index in [1.54, 1.807) is 0 Å². The molecular formula is C18H26N2O2. The third-order valence-electron chi connectivity index (χ3n) is 4.42. The van der Waals surface area contributed by atoms with Gasteiger partial charge in [0.15, 0.2) is 0 Å². The number of rotatable bonds is 2. The molecule has 4 heteroatoms. The van der Waals surface area contributed by atoms with Crippen molar-refractivity contribution < 1.29 is 9.53 Å². The van der Waals surface area contributed by atoms with E-state index >= 15 is 0 Å². The van der Waals surface area contributed by atoms with Crippen molar-refractivity contribution in [3.05, 3.63) is 29.6 Å². The van der Waals surface area contributed by atoms with Gasteiger partial charge in [-0.1, -0.05) is 6.07 Å². The standard InChI is InChI=1S/C18H26N2O2/c1-18(2,3)22-17(21)20-10-8-13(9-11-20)15-6-7-16(19-12-15)14-4-5-14/h6-7,12-14H,4-5,8-11H2,1-3H3. The molecule has 0 radical (unpaired) electrons. The van der Waals surface area contributed by atoms with Crippen molar-refractivity contribution in [1.29, 1.82) is 0 Å². The summed E-state index contributed by atoms with van der Waals surface area (Å²) in [5.74, 6) is 1.22. The van der Waals surface area contributed by atoms with E-state index < -0.39 is 5.60 Å². The van der Waals surface area contributed by atoms with Gasteiger partial charge >= 0.3 is 6.09 Å². The lowest BCUT2D eigenvalue weighted by molar-refractivity contribution is 0.0205. The molecule has 0 unspecified atom stereocenters. The maximum atomic E-state index is 12.1. The summed E-state index contributed by atoms with van der Waals surface area (Å²) in [6.45, 7) is 7.26. The lowest BCUT2D eigenvalue weighted by atomic mass is 9.90. The van der Waals surface area contributed by atoms with Gasteiger partial charge in [0.1, 0.15) is 5.60 Å². The van der Waals surface area contributed by atoms with Gasteiger partial charge in [0.2, 0.25) is 0 Å². The smallest absolute Gasteiger partial charge is 0.410 e. The van der Waals surface area contributed by atoms with Crippen LogP contribution < -0.4 is 0 Å². The molecule has 2 heterocycles. The highest BCUT2D eigenvalue weighted by Gasteiger charge is 2.28. The number of likely N-dealkylation sites (tertiary alicyclic amines) is 1. The van der Waals surface area contributed by atoms with Crippen molar-refractivity contribution in [2.24, 2.45) is 0 Å². The van der Waals surface area contributed by atoms with E-state index in [0.29, 0.717) is 11.8 Å². The zero-order valence-electron chi connectivity index (χ0n) is 13.8. The van der Waals surface area contributed by atoms with Gasteiger partial charge in [0, 0.05) is 30.9 Å². The minimum Gasteiger partial charge on any atom is -0.444 e.